The Hall–Kier alpha value is -2.11. The number of nitrogens with one attached hydrogen (secondary N) is 2. The Labute approximate surface area is 119 Å². The fourth-order valence-electron chi connectivity index (χ4n) is 2.21. The van der Waals surface area contributed by atoms with E-state index in [9.17, 15) is 0 Å². The van der Waals surface area contributed by atoms with Gasteiger partial charge in [0.2, 0.25) is 0 Å². The molecule has 0 amide bonds. The van der Waals surface area contributed by atoms with Crippen molar-refractivity contribution in [3.8, 4) is 0 Å². The standard InChI is InChI=1S/C14H21N5O/c1-8(2)12-13(15-5)17-7-18-14(12)16-6-11-9(3)19-20-10(11)4/h7-8H,6H2,1-5H3,(H2,15,16,17,18). The van der Waals surface area contributed by atoms with Gasteiger partial charge < -0.3 is 15.2 Å². The van der Waals surface area contributed by atoms with Gasteiger partial charge in [0, 0.05) is 24.7 Å². The van der Waals surface area contributed by atoms with Gasteiger partial charge in [0.1, 0.15) is 23.7 Å². The molecule has 2 aromatic rings. The molecule has 0 saturated carbocycles. The van der Waals surface area contributed by atoms with Gasteiger partial charge in [-0.15, -0.1) is 0 Å². The lowest BCUT2D eigenvalue weighted by Gasteiger charge is -2.16. The number of hydrogen-bond acceptors (Lipinski definition) is 6. The normalized spacial score (nSPS) is 10.9. The zero-order valence-electron chi connectivity index (χ0n) is 12.6. The number of nitrogens with zero attached hydrogens (tertiary/aromatic N) is 3. The lowest BCUT2D eigenvalue weighted by Crippen LogP contribution is -2.10. The van der Waals surface area contributed by atoms with Crippen molar-refractivity contribution in [3.05, 3.63) is 28.9 Å². The molecule has 6 heteroatoms. The number of hydrogen-bond donors (Lipinski definition) is 2. The molecule has 0 spiro atoms. The van der Waals surface area contributed by atoms with Crippen LogP contribution in [0, 0.1) is 13.8 Å². The Kier molecular flexibility index (Phi) is 4.22. The average molecular weight is 275 g/mol. The third-order valence-corrected chi connectivity index (χ3v) is 3.31. The smallest absolute Gasteiger partial charge is 0.138 e. The van der Waals surface area contributed by atoms with Crippen LogP contribution in [-0.4, -0.2) is 22.2 Å². The Balaban J connectivity index is 2.26. The lowest BCUT2D eigenvalue weighted by atomic mass is 10.0. The monoisotopic (exact) mass is 275 g/mol. The molecule has 6 nitrogen and oxygen atoms in total. The van der Waals surface area contributed by atoms with E-state index in [2.05, 4.69) is 39.6 Å². The summed E-state index contributed by atoms with van der Waals surface area (Å²) in [6, 6.07) is 0. The van der Waals surface area contributed by atoms with Gasteiger partial charge in [-0.3, -0.25) is 0 Å². The molecule has 2 rings (SSSR count). The molecule has 2 N–H and O–H groups in total. The molecule has 0 unspecified atom stereocenters. The van der Waals surface area contributed by atoms with Crippen molar-refractivity contribution in [1.29, 1.82) is 0 Å². The molecule has 0 aromatic carbocycles. The maximum atomic E-state index is 5.17. The topological polar surface area (TPSA) is 75.9 Å². The minimum absolute atomic E-state index is 0.325. The lowest BCUT2D eigenvalue weighted by molar-refractivity contribution is 0.392. The van der Waals surface area contributed by atoms with Gasteiger partial charge in [0.15, 0.2) is 0 Å². The zero-order chi connectivity index (χ0) is 14.7. The van der Waals surface area contributed by atoms with Crippen LogP contribution in [-0.2, 0) is 6.54 Å². The summed E-state index contributed by atoms with van der Waals surface area (Å²) in [7, 11) is 1.87. The SMILES string of the molecule is CNc1ncnc(NCc2c(C)noc2C)c1C(C)C. The summed E-state index contributed by atoms with van der Waals surface area (Å²) in [6.45, 7) is 8.75. The van der Waals surface area contributed by atoms with Crippen molar-refractivity contribution in [2.45, 2.75) is 40.2 Å². The Morgan fingerprint density at radius 3 is 2.45 bits per heavy atom. The van der Waals surface area contributed by atoms with Crippen LogP contribution in [0.1, 0.15) is 42.3 Å². The highest BCUT2D eigenvalue weighted by Gasteiger charge is 2.15. The van der Waals surface area contributed by atoms with Gasteiger partial charge >= 0.3 is 0 Å². The average Bonchev–Trinajstić information content (AvgIpc) is 2.75. The summed E-state index contributed by atoms with van der Waals surface area (Å²) in [5.41, 5.74) is 3.06. The summed E-state index contributed by atoms with van der Waals surface area (Å²) in [6.07, 6.45) is 1.56. The maximum absolute atomic E-state index is 5.17. The van der Waals surface area contributed by atoms with E-state index in [-0.39, 0.29) is 0 Å². The second-order valence-electron chi connectivity index (χ2n) is 5.05. The van der Waals surface area contributed by atoms with Gasteiger partial charge in [0.05, 0.1) is 5.69 Å². The van der Waals surface area contributed by atoms with Crippen LogP contribution in [0.15, 0.2) is 10.9 Å². The molecule has 0 bridgehead atoms. The highest BCUT2D eigenvalue weighted by atomic mass is 16.5. The first-order valence-electron chi connectivity index (χ1n) is 6.72. The van der Waals surface area contributed by atoms with Crippen LogP contribution >= 0.6 is 0 Å². The summed E-state index contributed by atoms with van der Waals surface area (Å²) in [5, 5.41) is 10.4. The van der Waals surface area contributed by atoms with Gasteiger partial charge in [-0.05, 0) is 19.8 Å². The van der Waals surface area contributed by atoms with Crippen LogP contribution in [0.25, 0.3) is 0 Å². The van der Waals surface area contributed by atoms with E-state index in [1.807, 2.05) is 20.9 Å². The van der Waals surface area contributed by atoms with E-state index in [1.54, 1.807) is 6.33 Å². The molecule has 0 saturated heterocycles. The van der Waals surface area contributed by atoms with Gasteiger partial charge in [-0.1, -0.05) is 19.0 Å². The van der Waals surface area contributed by atoms with Crippen molar-refractivity contribution in [3.63, 3.8) is 0 Å². The summed E-state index contributed by atoms with van der Waals surface area (Å²) < 4.78 is 5.17. The van der Waals surface area contributed by atoms with Gasteiger partial charge in [-0.25, -0.2) is 9.97 Å². The molecule has 0 radical (unpaired) electrons. The number of anilines is 2. The predicted octanol–water partition coefficient (Wildman–Crippen LogP) is 2.86. The third-order valence-electron chi connectivity index (χ3n) is 3.31. The van der Waals surface area contributed by atoms with Gasteiger partial charge in [-0.2, -0.15) is 0 Å². The Morgan fingerprint density at radius 2 is 1.90 bits per heavy atom. The molecule has 0 aliphatic rings. The van der Waals surface area contributed by atoms with Crippen molar-refractivity contribution in [2.24, 2.45) is 0 Å². The fraction of sp³-hybridized carbons (Fsp3) is 0.500. The van der Waals surface area contributed by atoms with E-state index in [1.165, 1.54) is 0 Å². The molecule has 0 aliphatic carbocycles. The minimum atomic E-state index is 0.325. The number of aryl methyl sites for hydroxylation is 2. The van der Waals surface area contributed by atoms with Crippen molar-refractivity contribution < 1.29 is 4.52 Å². The maximum Gasteiger partial charge on any atom is 0.138 e. The van der Waals surface area contributed by atoms with E-state index in [4.69, 9.17) is 4.52 Å². The van der Waals surface area contributed by atoms with E-state index >= 15 is 0 Å². The van der Waals surface area contributed by atoms with E-state index in [0.717, 1.165) is 34.2 Å². The molecule has 20 heavy (non-hydrogen) atoms. The van der Waals surface area contributed by atoms with Crippen LogP contribution in [0.5, 0.6) is 0 Å². The second kappa shape index (κ2) is 5.90. The highest BCUT2D eigenvalue weighted by molar-refractivity contribution is 5.58. The largest absolute Gasteiger partial charge is 0.373 e. The first-order chi connectivity index (χ1) is 9.54. The van der Waals surface area contributed by atoms with Crippen LogP contribution < -0.4 is 10.6 Å². The van der Waals surface area contributed by atoms with Gasteiger partial charge in [0.25, 0.3) is 0 Å². The number of aromatic nitrogens is 3. The number of rotatable bonds is 5. The van der Waals surface area contributed by atoms with E-state index in [0.29, 0.717) is 12.5 Å². The second-order valence-corrected chi connectivity index (χ2v) is 5.05. The molecule has 0 aliphatic heterocycles. The van der Waals surface area contributed by atoms with Crippen LogP contribution in [0.4, 0.5) is 11.6 Å². The third kappa shape index (κ3) is 2.74. The molecule has 2 aromatic heterocycles. The van der Waals surface area contributed by atoms with Crippen LogP contribution in [0.3, 0.4) is 0 Å². The first-order valence-corrected chi connectivity index (χ1v) is 6.72. The zero-order valence-corrected chi connectivity index (χ0v) is 12.6. The molecular formula is C14H21N5O. The molecular weight excluding hydrogens is 254 g/mol. The van der Waals surface area contributed by atoms with Crippen LogP contribution in [0.2, 0.25) is 0 Å². The van der Waals surface area contributed by atoms with E-state index < -0.39 is 0 Å². The summed E-state index contributed by atoms with van der Waals surface area (Å²) in [4.78, 5) is 8.62. The molecule has 108 valence electrons. The summed E-state index contributed by atoms with van der Waals surface area (Å²) >= 11 is 0. The quantitative estimate of drug-likeness (QED) is 0.874. The Bertz CT molecular complexity index is 572. The fourth-order valence-corrected chi connectivity index (χ4v) is 2.21. The molecule has 2 heterocycles. The highest BCUT2D eigenvalue weighted by Crippen LogP contribution is 2.28. The molecule has 0 fully saturated rings. The first kappa shape index (κ1) is 14.3. The Morgan fingerprint density at radius 1 is 1.20 bits per heavy atom. The minimum Gasteiger partial charge on any atom is -0.373 e. The van der Waals surface area contributed by atoms with Crippen molar-refractivity contribution >= 4 is 11.6 Å². The van der Waals surface area contributed by atoms with Crippen molar-refractivity contribution in [1.82, 2.24) is 15.1 Å². The summed E-state index contributed by atoms with van der Waals surface area (Å²) in [5.74, 6) is 2.87. The molecule has 0 atom stereocenters. The predicted molar refractivity (Wildman–Crippen MR) is 79.0 cm³/mol. The van der Waals surface area contributed by atoms with Crippen molar-refractivity contribution in [2.75, 3.05) is 17.7 Å².